The molecule has 10 nitrogen and oxygen atoms in total. The fourth-order valence-corrected chi connectivity index (χ4v) is 3.38. The molecule has 1 aromatic carbocycles. The van der Waals surface area contributed by atoms with Crippen molar-refractivity contribution in [2.24, 2.45) is 10.9 Å². The normalized spacial score (nSPS) is 22.5. The molecule has 2 bridgehead atoms. The molecule has 2 aliphatic heterocycles. The van der Waals surface area contributed by atoms with Gasteiger partial charge in [-0.1, -0.05) is 32.1 Å². The lowest BCUT2D eigenvalue weighted by Crippen LogP contribution is -2.55. The lowest BCUT2D eigenvalue weighted by atomic mass is 10.0. The molecule has 2 heterocycles. The molecule has 0 radical (unpaired) electrons. The summed E-state index contributed by atoms with van der Waals surface area (Å²) in [5.74, 6) is -0.815. The number of methoxy groups -OCH3 is 1. The Morgan fingerprint density at radius 2 is 1.89 bits per heavy atom. The van der Waals surface area contributed by atoms with Crippen LogP contribution in [-0.4, -0.2) is 77.3 Å². The Hall–Kier alpha value is -3.34. The van der Waals surface area contributed by atoms with Crippen LogP contribution >= 0.6 is 0 Å². The van der Waals surface area contributed by atoms with E-state index < -0.39 is 35.9 Å². The fourth-order valence-electron chi connectivity index (χ4n) is 3.38. The molecular weight excluding hydrogens is 453 g/mol. The van der Waals surface area contributed by atoms with Crippen LogP contribution in [0.1, 0.15) is 25.8 Å². The molecule has 0 saturated carbocycles. The molecule has 35 heavy (non-hydrogen) atoms. The van der Waals surface area contributed by atoms with Crippen molar-refractivity contribution in [1.29, 1.82) is 0 Å². The number of fused-ring (bicyclic) bond motifs is 15. The first-order valence-corrected chi connectivity index (χ1v) is 11.5. The lowest BCUT2D eigenvalue weighted by Gasteiger charge is -2.24. The molecule has 3 atom stereocenters. The second kappa shape index (κ2) is 14.8. The highest BCUT2D eigenvalue weighted by Crippen LogP contribution is 2.15. The van der Waals surface area contributed by atoms with Crippen molar-refractivity contribution >= 4 is 32.2 Å². The van der Waals surface area contributed by atoms with E-state index in [0.29, 0.717) is 25.2 Å². The maximum Gasteiger partial charge on any atom is 0.330 e. The number of esters is 1. The molecule has 2 aliphatic rings. The van der Waals surface area contributed by atoms with Crippen LogP contribution < -0.4 is 15.4 Å². The Kier molecular flexibility index (Phi) is 11.8. The van der Waals surface area contributed by atoms with E-state index in [1.165, 1.54) is 21.6 Å². The van der Waals surface area contributed by atoms with Crippen LogP contribution in [-0.2, 0) is 34.9 Å². The topological polar surface area (TPSA) is 125 Å². The minimum Gasteiger partial charge on any atom is -0.560 e. The van der Waals surface area contributed by atoms with Gasteiger partial charge in [-0.15, -0.1) is 0 Å². The number of amides is 2. The van der Waals surface area contributed by atoms with E-state index in [9.17, 15) is 14.4 Å². The van der Waals surface area contributed by atoms with Gasteiger partial charge in [0.05, 0.1) is 20.3 Å². The Bertz CT molecular complexity index is 890. The van der Waals surface area contributed by atoms with Gasteiger partial charge in [-0.05, 0) is 36.1 Å². The summed E-state index contributed by atoms with van der Waals surface area (Å²) in [5, 5.41) is 5.44. The molecule has 0 aromatic heterocycles. The molecule has 2 amide bonds. The molecule has 1 aromatic rings. The van der Waals surface area contributed by atoms with Gasteiger partial charge in [0.25, 0.3) is 0 Å². The van der Waals surface area contributed by atoms with Crippen molar-refractivity contribution in [3.8, 4) is 5.75 Å². The largest absolute Gasteiger partial charge is 0.560 e. The SMILES string of the molecule is BOC=N[C@H]1Cc2ccc(cc2)OCC=CCOC[C@@H](C(=O)OC)NC(=O)[C@H](CC(C)C)NC1=O. The van der Waals surface area contributed by atoms with Gasteiger partial charge in [0.2, 0.25) is 11.8 Å². The number of carbonyl (C=O) groups excluding carboxylic acids is 3. The smallest absolute Gasteiger partial charge is 0.330 e. The highest BCUT2D eigenvalue weighted by Gasteiger charge is 2.30. The number of carbonyl (C=O) groups is 3. The summed E-state index contributed by atoms with van der Waals surface area (Å²) in [6, 6.07) is 4.62. The van der Waals surface area contributed by atoms with Crippen molar-refractivity contribution in [2.45, 2.75) is 44.8 Å². The van der Waals surface area contributed by atoms with Gasteiger partial charge in [0.15, 0.2) is 12.4 Å². The number of ether oxygens (including phenoxy) is 3. The van der Waals surface area contributed by atoms with Crippen LogP contribution in [0.2, 0.25) is 0 Å². The number of hydrogen-bond donors (Lipinski definition) is 2. The number of nitrogens with zero attached hydrogens (tertiary/aromatic N) is 1. The lowest BCUT2D eigenvalue weighted by molar-refractivity contribution is -0.147. The Morgan fingerprint density at radius 1 is 1.17 bits per heavy atom. The summed E-state index contributed by atoms with van der Waals surface area (Å²) in [4.78, 5) is 42.7. The summed E-state index contributed by atoms with van der Waals surface area (Å²) in [6.07, 6.45) is 5.41. The van der Waals surface area contributed by atoms with Gasteiger partial charge >= 0.3 is 14.0 Å². The van der Waals surface area contributed by atoms with Crippen LogP contribution in [0.5, 0.6) is 5.75 Å². The predicted octanol–water partition coefficient (Wildman–Crippen LogP) is 0.345. The zero-order valence-corrected chi connectivity index (χ0v) is 20.7. The van der Waals surface area contributed by atoms with E-state index in [-0.39, 0.29) is 19.1 Å². The molecule has 0 fully saturated rings. The van der Waals surface area contributed by atoms with Gasteiger partial charge in [-0.3, -0.25) is 9.59 Å². The summed E-state index contributed by atoms with van der Waals surface area (Å²) in [5.41, 5.74) is 0.864. The second-order valence-corrected chi connectivity index (χ2v) is 8.45. The van der Waals surface area contributed by atoms with Gasteiger partial charge < -0.3 is 29.5 Å². The first-order chi connectivity index (χ1) is 16.8. The third-order valence-electron chi connectivity index (χ3n) is 5.16. The van der Waals surface area contributed by atoms with Crippen molar-refractivity contribution < 1.29 is 33.2 Å². The van der Waals surface area contributed by atoms with E-state index in [4.69, 9.17) is 18.9 Å². The van der Waals surface area contributed by atoms with E-state index in [1.807, 2.05) is 38.1 Å². The number of nitrogens with one attached hydrogen (secondary N) is 2. The van der Waals surface area contributed by atoms with Crippen molar-refractivity contribution in [3.05, 3.63) is 42.0 Å². The van der Waals surface area contributed by atoms with E-state index in [1.54, 1.807) is 12.2 Å². The maximum absolute atomic E-state index is 13.2. The van der Waals surface area contributed by atoms with Gasteiger partial charge in [-0.25, -0.2) is 9.79 Å². The van der Waals surface area contributed by atoms with Crippen LogP contribution in [0, 0.1) is 5.92 Å². The molecule has 0 saturated heterocycles. The van der Waals surface area contributed by atoms with E-state index in [2.05, 4.69) is 15.6 Å². The molecule has 3 rings (SSSR count). The first kappa shape index (κ1) is 27.9. The Balaban J connectivity index is 2.33. The van der Waals surface area contributed by atoms with E-state index >= 15 is 0 Å². The van der Waals surface area contributed by atoms with Crippen LogP contribution in [0.3, 0.4) is 0 Å². The molecule has 0 spiro atoms. The van der Waals surface area contributed by atoms with Crippen molar-refractivity contribution in [1.82, 2.24) is 10.6 Å². The number of hydrogen-bond acceptors (Lipinski definition) is 8. The predicted molar refractivity (Wildman–Crippen MR) is 133 cm³/mol. The quantitative estimate of drug-likeness (QED) is 0.153. The highest BCUT2D eigenvalue weighted by atomic mass is 16.5. The minimum absolute atomic E-state index is 0.0894. The zero-order valence-electron chi connectivity index (χ0n) is 20.7. The molecule has 0 aliphatic carbocycles. The zero-order chi connectivity index (χ0) is 25.6. The summed E-state index contributed by atoms with van der Waals surface area (Å²) >= 11 is 0. The molecule has 0 unspecified atom stereocenters. The minimum atomic E-state index is -1.02. The van der Waals surface area contributed by atoms with Crippen LogP contribution in [0.4, 0.5) is 0 Å². The Labute approximate surface area is 206 Å². The van der Waals surface area contributed by atoms with Crippen LogP contribution in [0.15, 0.2) is 41.4 Å². The molecule has 11 heteroatoms. The van der Waals surface area contributed by atoms with Crippen molar-refractivity contribution in [2.75, 3.05) is 26.9 Å². The van der Waals surface area contributed by atoms with E-state index in [0.717, 1.165) is 5.56 Å². The average molecular weight is 487 g/mol. The number of aliphatic imine (C=N–C) groups is 1. The van der Waals surface area contributed by atoms with Gasteiger partial charge in [0, 0.05) is 6.42 Å². The number of benzene rings is 1. The summed E-state index contributed by atoms with van der Waals surface area (Å²) in [7, 11) is 2.67. The fraction of sp³-hybridized carbons (Fsp3) is 0.500. The molecule has 190 valence electrons. The number of rotatable bonds is 5. The summed E-state index contributed by atoms with van der Waals surface area (Å²) < 4.78 is 20.9. The third kappa shape index (κ3) is 9.82. The monoisotopic (exact) mass is 487 g/mol. The van der Waals surface area contributed by atoms with Gasteiger partial charge in [0.1, 0.15) is 24.4 Å². The first-order valence-electron chi connectivity index (χ1n) is 11.5. The average Bonchev–Trinajstić information content (AvgIpc) is 2.84. The molecular formula is C24H34BN3O7. The third-order valence-corrected chi connectivity index (χ3v) is 5.16. The highest BCUT2D eigenvalue weighted by molar-refractivity contribution is 6.02. The second-order valence-electron chi connectivity index (χ2n) is 8.45. The summed E-state index contributed by atoms with van der Waals surface area (Å²) in [6.45, 7) is 4.33. The standard InChI is InChI=1S/C24H34BN3O7/c1-16(2)12-20-23(30)28-21(24(31)32-3)14-33-10-4-5-11-34-18-8-6-17(7-9-18)13-19(22(29)27-20)26-15-35-25/h4-9,15-16,19-21H,10-14,25H2,1-3H3,(H,27,29)(H,28,30)/t19-,20-,21-/m0/s1. The Morgan fingerprint density at radius 3 is 2.54 bits per heavy atom. The molecule has 2 N–H and O–H groups in total. The maximum atomic E-state index is 13.2. The van der Waals surface area contributed by atoms with Gasteiger partial charge in [-0.2, -0.15) is 0 Å². The van der Waals surface area contributed by atoms with Crippen molar-refractivity contribution in [3.63, 3.8) is 0 Å². The van der Waals surface area contributed by atoms with Crippen LogP contribution in [0.25, 0.3) is 0 Å².